The first-order chi connectivity index (χ1) is 9.23. The predicted molar refractivity (Wildman–Crippen MR) is 77.0 cm³/mol. The number of carbonyl (C=O) groups is 1. The van der Waals surface area contributed by atoms with Gasteiger partial charge in [-0.25, -0.2) is 0 Å². The zero-order valence-corrected chi connectivity index (χ0v) is 11.7. The van der Waals surface area contributed by atoms with E-state index in [1.807, 2.05) is 12.1 Å². The average Bonchev–Trinajstić information content (AvgIpc) is 3.31. The van der Waals surface area contributed by atoms with Crippen molar-refractivity contribution in [3.8, 4) is 11.8 Å². The van der Waals surface area contributed by atoms with Crippen molar-refractivity contribution in [2.24, 2.45) is 17.1 Å². The summed E-state index contributed by atoms with van der Waals surface area (Å²) >= 11 is 1.43. The third-order valence-corrected chi connectivity index (χ3v) is 5.08. The van der Waals surface area contributed by atoms with Crippen LogP contribution < -0.4 is 11.1 Å². The van der Waals surface area contributed by atoms with E-state index in [0.29, 0.717) is 12.0 Å². The van der Waals surface area contributed by atoms with Gasteiger partial charge in [0.25, 0.3) is 5.91 Å². The zero-order chi connectivity index (χ0) is 13.3. The molecule has 1 aromatic heterocycles. The van der Waals surface area contributed by atoms with Crippen LogP contribution in [0, 0.1) is 23.2 Å². The van der Waals surface area contributed by atoms with E-state index in [-0.39, 0.29) is 5.91 Å². The Labute approximate surface area is 117 Å². The Morgan fingerprint density at radius 3 is 2.89 bits per heavy atom. The van der Waals surface area contributed by atoms with Gasteiger partial charge in [0.15, 0.2) is 0 Å². The molecule has 0 radical (unpaired) electrons. The van der Waals surface area contributed by atoms with Gasteiger partial charge < -0.3 is 11.1 Å². The van der Waals surface area contributed by atoms with Crippen LogP contribution in [0.25, 0.3) is 0 Å². The second-order valence-corrected chi connectivity index (χ2v) is 6.57. The van der Waals surface area contributed by atoms with E-state index in [1.165, 1.54) is 37.0 Å². The highest BCUT2D eigenvalue weighted by Crippen LogP contribution is 2.60. The van der Waals surface area contributed by atoms with Crippen LogP contribution in [-0.4, -0.2) is 19.0 Å². The minimum atomic E-state index is 0.0396. The molecule has 1 amide bonds. The van der Waals surface area contributed by atoms with Crippen LogP contribution in [0.5, 0.6) is 0 Å². The number of hydrogen-bond acceptors (Lipinski definition) is 3. The summed E-state index contributed by atoms with van der Waals surface area (Å²) < 4.78 is 0. The number of amides is 1. The Bertz CT molecular complexity index is 544. The first kappa shape index (κ1) is 12.7. The molecule has 2 aliphatic rings. The molecule has 0 aliphatic heterocycles. The molecule has 0 bridgehead atoms. The first-order valence-corrected chi connectivity index (χ1v) is 7.62. The second-order valence-electron chi connectivity index (χ2n) is 5.49. The van der Waals surface area contributed by atoms with E-state index < -0.39 is 0 Å². The van der Waals surface area contributed by atoms with Crippen LogP contribution in [0.4, 0.5) is 0 Å². The minimum Gasteiger partial charge on any atom is -0.351 e. The van der Waals surface area contributed by atoms with Crippen molar-refractivity contribution in [3.05, 3.63) is 21.9 Å². The Morgan fingerprint density at radius 1 is 1.47 bits per heavy atom. The summed E-state index contributed by atoms with van der Waals surface area (Å²) in [5.41, 5.74) is 5.78. The summed E-state index contributed by atoms with van der Waals surface area (Å²) in [5.74, 6) is 6.68. The molecule has 3 N–H and O–H groups in total. The molecule has 3 nitrogen and oxygen atoms in total. The number of thiophene rings is 1. The third kappa shape index (κ3) is 2.83. The van der Waals surface area contributed by atoms with Gasteiger partial charge in [0.05, 0.1) is 16.3 Å². The average molecular weight is 274 g/mol. The molecule has 100 valence electrons. The van der Waals surface area contributed by atoms with E-state index in [1.54, 1.807) is 0 Å². The lowest BCUT2D eigenvalue weighted by Crippen LogP contribution is -2.30. The van der Waals surface area contributed by atoms with Crippen molar-refractivity contribution in [1.82, 2.24) is 5.32 Å². The Hall–Kier alpha value is -1.31. The van der Waals surface area contributed by atoms with Crippen LogP contribution in [0.1, 0.15) is 40.2 Å². The van der Waals surface area contributed by atoms with Gasteiger partial charge in [-0.1, -0.05) is 11.8 Å². The van der Waals surface area contributed by atoms with Gasteiger partial charge >= 0.3 is 0 Å². The zero-order valence-electron chi connectivity index (χ0n) is 10.9. The largest absolute Gasteiger partial charge is 0.351 e. The number of nitrogens with two attached hydrogens (primary N) is 1. The maximum Gasteiger partial charge on any atom is 0.261 e. The van der Waals surface area contributed by atoms with Gasteiger partial charge in [0.2, 0.25) is 0 Å². The molecule has 3 rings (SSSR count). The van der Waals surface area contributed by atoms with Gasteiger partial charge in [-0.2, -0.15) is 0 Å². The fourth-order valence-electron chi connectivity index (χ4n) is 2.59. The fraction of sp³-hybridized carbons (Fsp3) is 0.533. The lowest BCUT2D eigenvalue weighted by Gasteiger charge is -2.14. The van der Waals surface area contributed by atoms with Crippen LogP contribution >= 0.6 is 11.3 Å². The molecule has 0 spiro atoms. The molecular formula is C15H18N2OS. The molecule has 0 atom stereocenters. The highest BCUT2D eigenvalue weighted by Gasteiger charge is 2.53. The molecule has 2 saturated carbocycles. The maximum absolute atomic E-state index is 12.1. The monoisotopic (exact) mass is 274 g/mol. The van der Waals surface area contributed by atoms with Crippen molar-refractivity contribution < 1.29 is 4.79 Å². The number of rotatable bonds is 4. The van der Waals surface area contributed by atoms with Crippen molar-refractivity contribution in [3.63, 3.8) is 0 Å². The highest BCUT2D eigenvalue weighted by atomic mass is 32.1. The van der Waals surface area contributed by atoms with Crippen molar-refractivity contribution >= 4 is 17.2 Å². The molecule has 2 aliphatic carbocycles. The summed E-state index contributed by atoms with van der Waals surface area (Å²) in [5, 5.41) is 3.09. The Morgan fingerprint density at radius 2 is 2.26 bits per heavy atom. The fourth-order valence-corrected chi connectivity index (χ4v) is 3.39. The predicted octanol–water partition coefficient (Wildman–Crippen LogP) is 1.98. The van der Waals surface area contributed by atoms with Crippen LogP contribution in [-0.2, 0) is 0 Å². The van der Waals surface area contributed by atoms with Gasteiger partial charge in [0.1, 0.15) is 0 Å². The molecular weight excluding hydrogens is 256 g/mol. The van der Waals surface area contributed by atoms with E-state index in [2.05, 4.69) is 17.2 Å². The lowest BCUT2D eigenvalue weighted by molar-refractivity contribution is 0.0946. The third-order valence-electron chi connectivity index (χ3n) is 4.08. The first-order valence-electron chi connectivity index (χ1n) is 6.80. The summed E-state index contributed by atoms with van der Waals surface area (Å²) in [4.78, 5) is 13.7. The number of nitrogens with one attached hydrogen (secondary N) is 1. The molecule has 0 saturated heterocycles. The molecule has 0 aromatic carbocycles. The minimum absolute atomic E-state index is 0.0396. The summed E-state index contributed by atoms with van der Waals surface area (Å²) in [6, 6.07) is 3.73. The van der Waals surface area contributed by atoms with Crippen LogP contribution in [0.3, 0.4) is 0 Å². The van der Waals surface area contributed by atoms with E-state index in [0.717, 1.165) is 22.2 Å². The summed E-state index contributed by atoms with van der Waals surface area (Å²) in [6.07, 6.45) is 5.28. The van der Waals surface area contributed by atoms with E-state index in [4.69, 9.17) is 5.73 Å². The van der Waals surface area contributed by atoms with Gasteiger partial charge in [-0.05, 0) is 49.1 Å². The standard InChI is InChI=1S/C15H18N2OS/c16-9-1-2-12-5-6-13(19-12)14(18)17-10-15(7-8-15)11-3-4-11/h5-6,11H,3-4,7-10,16H2,(H,17,18). The SMILES string of the molecule is NCC#Cc1ccc(C(=O)NCC2(C3CC3)CC2)s1. The van der Waals surface area contributed by atoms with Crippen molar-refractivity contribution in [2.75, 3.05) is 13.1 Å². The van der Waals surface area contributed by atoms with Crippen molar-refractivity contribution in [1.29, 1.82) is 0 Å². The molecule has 0 unspecified atom stereocenters. The summed E-state index contributed by atoms with van der Waals surface area (Å²) in [6.45, 7) is 1.20. The topological polar surface area (TPSA) is 55.1 Å². The molecule has 1 aromatic rings. The molecule has 1 heterocycles. The number of carbonyl (C=O) groups excluding carboxylic acids is 1. The van der Waals surface area contributed by atoms with E-state index >= 15 is 0 Å². The Kier molecular flexibility index (Phi) is 3.34. The smallest absolute Gasteiger partial charge is 0.261 e. The van der Waals surface area contributed by atoms with Gasteiger partial charge in [-0.15, -0.1) is 11.3 Å². The highest BCUT2D eigenvalue weighted by molar-refractivity contribution is 7.14. The quantitative estimate of drug-likeness (QED) is 0.825. The van der Waals surface area contributed by atoms with Gasteiger partial charge in [-0.3, -0.25) is 4.79 Å². The molecule has 19 heavy (non-hydrogen) atoms. The molecule has 4 heteroatoms. The van der Waals surface area contributed by atoms with Crippen LogP contribution in [0.2, 0.25) is 0 Å². The molecule has 2 fully saturated rings. The van der Waals surface area contributed by atoms with Crippen molar-refractivity contribution in [2.45, 2.75) is 25.7 Å². The van der Waals surface area contributed by atoms with E-state index in [9.17, 15) is 4.79 Å². The summed E-state index contributed by atoms with van der Waals surface area (Å²) in [7, 11) is 0. The second kappa shape index (κ2) is 4.99. The Balaban J connectivity index is 1.56. The van der Waals surface area contributed by atoms with Gasteiger partial charge in [0, 0.05) is 6.54 Å². The normalized spacial score (nSPS) is 19.4. The maximum atomic E-state index is 12.1. The lowest BCUT2D eigenvalue weighted by atomic mass is 10.0. The number of hydrogen-bond donors (Lipinski definition) is 2. The van der Waals surface area contributed by atoms with Crippen LogP contribution in [0.15, 0.2) is 12.1 Å².